The predicted octanol–water partition coefficient (Wildman–Crippen LogP) is 4.43. The van der Waals surface area contributed by atoms with Crippen LogP contribution in [0.1, 0.15) is 36.5 Å². The lowest BCUT2D eigenvalue weighted by Gasteiger charge is -2.22. The first-order chi connectivity index (χ1) is 14.2. The number of carbonyl (C=O) groups excluding carboxylic acids is 1. The van der Waals surface area contributed by atoms with E-state index in [1.165, 1.54) is 0 Å². The van der Waals surface area contributed by atoms with Gasteiger partial charge in [0.05, 0.1) is 12.3 Å². The van der Waals surface area contributed by atoms with Gasteiger partial charge in [0, 0.05) is 24.0 Å². The molecule has 0 spiro atoms. The van der Waals surface area contributed by atoms with Gasteiger partial charge in [-0.15, -0.1) is 0 Å². The minimum atomic E-state index is -0.540. The first-order valence-electron chi connectivity index (χ1n) is 10.0. The van der Waals surface area contributed by atoms with Gasteiger partial charge in [-0.25, -0.2) is 4.79 Å². The Morgan fingerprint density at radius 1 is 1.10 bits per heavy atom. The minimum absolute atomic E-state index is 0.196. The molecule has 150 valence electrons. The number of anilines is 2. The number of hydrogen-bond acceptors (Lipinski definition) is 5. The van der Waals surface area contributed by atoms with Crippen molar-refractivity contribution >= 4 is 28.3 Å². The first kappa shape index (κ1) is 19.1. The van der Waals surface area contributed by atoms with Crippen molar-refractivity contribution in [1.82, 2.24) is 0 Å². The van der Waals surface area contributed by atoms with E-state index in [-0.39, 0.29) is 11.6 Å². The second-order valence-electron chi connectivity index (χ2n) is 7.13. The molecule has 0 atom stereocenters. The number of nitrogens with one attached hydrogen (secondary N) is 1. The van der Waals surface area contributed by atoms with E-state index in [2.05, 4.69) is 10.2 Å². The number of carbonyl (C=O) groups is 1. The molecule has 1 aliphatic rings. The average Bonchev–Trinajstić information content (AvgIpc) is 3.27. The lowest BCUT2D eigenvalue weighted by Crippen LogP contribution is -2.25. The summed E-state index contributed by atoms with van der Waals surface area (Å²) in [7, 11) is 0. The Morgan fingerprint density at radius 2 is 1.83 bits per heavy atom. The van der Waals surface area contributed by atoms with E-state index in [4.69, 9.17) is 9.15 Å². The Kier molecular flexibility index (Phi) is 5.51. The van der Waals surface area contributed by atoms with E-state index in [0.717, 1.165) is 43.4 Å². The van der Waals surface area contributed by atoms with Crippen molar-refractivity contribution in [1.29, 1.82) is 0 Å². The summed E-state index contributed by atoms with van der Waals surface area (Å²) in [4.78, 5) is 27.7. The molecule has 0 saturated carbocycles. The zero-order valence-electron chi connectivity index (χ0n) is 16.4. The largest absolute Gasteiger partial charge is 0.494 e. The second kappa shape index (κ2) is 8.39. The standard InChI is InChI=1S/C23H24N2O4/c1-2-15-28-17-11-9-16(10-12-17)22(26)24-20-21(25-13-5-6-14-25)18-7-3-4-8-19(18)29-23(20)27/h3-4,7-12H,2,5-6,13-15H2,1H3,(H,24,26). The van der Waals surface area contributed by atoms with Gasteiger partial charge >= 0.3 is 5.63 Å². The number of fused-ring (bicyclic) bond motifs is 1. The molecule has 4 rings (SSSR count). The fourth-order valence-corrected chi connectivity index (χ4v) is 3.62. The highest BCUT2D eigenvalue weighted by Crippen LogP contribution is 2.34. The zero-order valence-corrected chi connectivity index (χ0v) is 16.4. The normalized spacial score (nSPS) is 13.6. The summed E-state index contributed by atoms with van der Waals surface area (Å²) in [5, 5.41) is 3.63. The third-order valence-corrected chi connectivity index (χ3v) is 5.04. The van der Waals surface area contributed by atoms with Gasteiger partial charge in [-0.05, 0) is 55.7 Å². The molecular weight excluding hydrogens is 368 g/mol. The van der Waals surface area contributed by atoms with E-state index in [1.54, 1.807) is 30.3 Å². The molecular formula is C23H24N2O4. The Morgan fingerprint density at radius 3 is 2.55 bits per heavy atom. The maximum Gasteiger partial charge on any atom is 0.362 e. The fraction of sp³-hybridized carbons (Fsp3) is 0.304. The van der Waals surface area contributed by atoms with E-state index in [1.807, 2.05) is 25.1 Å². The van der Waals surface area contributed by atoms with Crippen LogP contribution in [0.2, 0.25) is 0 Å². The average molecular weight is 392 g/mol. The fourth-order valence-electron chi connectivity index (χ4n) is 3.62. The van der Waals surface area contributed by atoms with Crippen molar-refractivity contribution in [2.45, 2.75) is 26.2 Å². The van der Waals surface area contributed by atoms with Crippen LogP contribution in [0.25, 0.3) is 11.0 Å². The SMILES string of the molecule is CCCOc1ccc(C(=O)Nc2c(N3CCCC3)c3ccccc3oc2=O)cc1. The van der Waals surface area contributed by atoms with Gasteiger partial charge in [-0.1, -0.05) is 19.1 Å². The van der Waals surface area contributed by atoms with Gasteiger partial charge in [0.1, 0.15) is 11.3 Å². The topological polar surface area (TPSA) is 71.8 Å². The minimum Gasteiger partial charge on any atom is -0.494 e. The van der Waals surface area contributed by atoms with Gasteiger partial charge < -0.3 is 19.4 Å². The highest BCUT2D eigenvalue weighted by atomic mass is 16.5. The molecule has 0 bridgehead atoms. The number of rotatable bonds is 6. The van der Waals surface area contributed by atoms with E-state index >= 15 is 0 Å². The number of nitrogens with zero attached hydrogens (tertiary/aromatic N) is 1. The number of benzene rings is 2. The van der Waals surface area contributed by atoms with Crippen LogP contribution in [-0.2, 0) is 0 Å². The molecule has 1 saturated heterocycles. The molecule has 1 aromatic heterocycles. The van der Waals surface area contributed by atoms with Gasteiger partial charge in [0.25, 0.3) is 5.91 Å². The van der Waals surface area contributed by atoms with Crippen LogP contribution in [0.3, 0.4) is 0 Å². The molecule has 2 aromatic carbocycles. The molecule has 6 heteroatoms. The molecule has 2 heterocycles. The van der Waals surface area contributed by atoms with Gasteiger partial charge in [0.15, 0.2) is 5.69 Å². The van der Waals surface area contributed by atoms with E-state index in [9.17, 15) is 9.59 Å². The maximum absolute atomic E-state index is 12.8. The summed E-state index contributed by atoms with van der Waals surface area (Å²) in [6.07, 6.45) is 3.03. The molecule has 1 amide bonds. The highest BCUT2D eigenvalue weighted by Gasteiger charge is 2.24. The Balaban J connectivity index is 1.68. The first-order valence-corrected chi connectivity index (χ1v) is 10.0. The Labute approximate surface area is 169 Å². The molecule has 1 aliphatic heterocycles. The van der Waals surface area contributed by atoms with Crippen LogP contribution in [0, 0.1) is 0 Å². The zero-order chi connectivity index (χ0) is 20.2. The van der Waals surface area contributed by atoms with Crippen LogP contribution in [0.15, 0.2) is 57.7 Å². The lowest BCUT2D eigenvalue weighted by atomic mass is 10.1. The number of ether oxygens (including phenoxy) is 1. The van der Waals surface area contributed by atoms with Crippen molar-refractivity contribution in [2.75, 3.05) is 29.9 Å². The second-order valence-corrected chi connectivity index (χ2v) is 7.13. The Bertz CT molecular complexity index is 1070. The monoisotopic (exact) mass is 392 g/mol. The van der Waals surface area contributed by atoms with Crippen LogP contribution < -0.4 is 20.6 Å². The number of para-hydroxylation sites is 1. The predicted molar refractivity (Wildman–Crippen MR) is 114 cm³/mol. The van der Waals surface area contributed by atoms with Crippen LogP contribution in [-0.4, -0.2) is 25.6 Å². The number of hydrogen-bond donors (Lipinski definition) is 1. The summed E-state index contributed by atoms with van der Waals surface area (Å²) in [6, 6.07) is 14.3. The summed E-state index contributed by atoms with van der Waals surface area (Å²) < 4.78 is 11.0. The summed E-state index contributed by atoms with van der Waals surface area (Å²) >= 11 is 0. The molecule has 6 nitrogen and oxygen atoms in total. The molecule has 3 aromatic rings. The van der Waals surface area contributed by atoms with Crippen molar-refractivity contribution < 1.29 is 13.9 Å². The highest BCUT2D eigenvalue weighted by molar-refractivity contribution is 6.08. The van der Waals surface area contributed by atoms with Gasteiger partial charge in [0.2, 0.25) is 0 Å². The van der Waals surface area contributed by atoms with Gasteiger partial charge in [-0.3, -0.25) is 4.79 Å². The van der Waals surface area contributed by atoms with E-state index < -0.39 is 5.63 Å². The molecule has 0 radical (unpaired) electrons. The molecule has 1 fully saturated rings. The summed E-state index contributed by atoms with van der Waals surface area (Å²) in [5.41, 5.74) is 1.37. The third kappa shape index (κ3) is 3.97. The van der Waals surface area contributed by atoms with Crippen LogP contribution in [0.5, 0.6) is 5.75 Å². The Hall–Kier alpha value is -3.28. The van der Waals surface area contributed by atoms with Gasteiger partial charge in [-0.2, -0.15) is 0 Å². The molecule has 0 unspecified atom stereocenters. The van der Waals surface area contributed by atoms with Crippen molar-refractivity contribution in [2.24, 2.45) is 0 Å². The quantitative estimate of drug-likeness (QED) is 0.628. The summed E-state index contributed by atoms with van der Waals surface area (Å²) in [5.74, 6) is 0.362. The van der Waals surface area contributed by atoms with Crippen molar-refractivity contribution in [3.63, 3.8) is 0 Å². The lowest BCUT2D eigenvalue weighted by molar-refractivity contribution is 0.102. The van der Waals surface area contributed by atoms with Crippen molar-refractivity contribution in [3.8, 4) is 5.75 Å². The van der Waals surface area contributed by atoms with Crippen LogP contribution >= 0.6 is 0 Å². The number of amides is 1. The summed E-state index contributed by atoms with van der Waals surface area (Å²) in [6.45, 7) is 4.36. The molecule has 29 heavy (non-hydrogen) atoms. The molecule has 1 N–H and O–H groups in total. The maximum atomic E-state index is 12.8. The third-order valence-electron chi connectivity index (χ3n) is 5.04. The van der Waals surface area contributed by atoms with Crippen LogP contribution in [0.4, 0.5) is 11.4 Å². The van der Waals surface area contributed by atoms with Crippen molar-refractivity contribution in [3.05, 3.63) is 64.5 Å². The smallest absolute Gasteiger partial charge is 0.362 e. The van der Waals surface area contributed by atoms with E-state index in [0.29, 0.717) is 23.5 Å². The molecule has 0 aliphatic carbocycles.